The predicted molar refractivity (Wildman–Crippen MR) is 133 cm³/mol. The molecule has 0 saturated carbocycles. The van der Waals surface area contributed by atoms with Crippen LogP contribution < -0.4 is 19.7 Å². The molecule has 7 heteroatoms. The summed E-state index contributed by atoms with van der Waals surface area (Å²) >= 11 is 5.86. The van der Waals surface area contributed by atoms with Crippen LogP contribution in [-0.2, 0) is 0 Å². The van der Waals surface area contributed by atoms with E-state index in [1.807, 2.05) is 72.9 Å². The van der Waals surface area contributed by atoms with E-state index < -0.39 is 0 Å². The summed E-state index contributed by atoms with van der Waals surface area (Å²) in [5, 5.41) is 4.13. The van der Waals surface area contributed by atoms with Gasteiger partial charge in [-0.05, 0) is 60.7 Å². The molecule has 33 heavy (non-hydrogen) atoms. The number of ether oxygens (including phenoxy) is 2. The van der Waals surface area contributed by atoms with Crippen LogP contribution in [0.15, 0.2) is 91.3 Å². The van der Waals surface area contributed by atoms with E-state index in [0.29, 0.717) is 5.11 Å². The van der Waals surface area contributed by atoms with Crippen LogP contribution >= 0.6 is 12.2 Å². The second-order valence-corrected chi connectivity index (χ2v) is 8.06. The van der Waals surface area contributed by atoms with Crippen molar-refractivity contribution in [3.63, 3.8) is 0 Å². The molecule has 2 atom stereocenters. The Balaban J connectivity index is 1.69. The number of rotatable bonds is 6. The SMILES string of the molecule is COc1cccc(-n2cccc2[C@@H]2[C@H](c3ccccn3)NC(=S)N2c2ccccc2OC)c1. The molecule has 1 saturated heterocycles. The van der Waals surface area contributed by atoms with E-state index in [1.54, 1.807) is 14.2 Å². The zero-order valence-corrected chi connectivity index (χ0v) is 19.2. The Kier molecular flexibility index (Phi) is 5.71. The van der Waals surface area contributed by atoms with E-state index in [9.17, 15) is 0 Å². The largest absolute Gasteiger partial charge is 0.497 e. The molecule has 1 aliphatic rings. The first kappa shape index (κ1) is 21.0. The van der Waals surface area contributed by atoms with Crippen molar-refractivity contribution in [3.8, 4) is 17.2 Å². The number of pyridine rings is 1. The van der Waals surface area contributed by atoms with E-state index in [4.69, 9.17) is 21.7 Å². The minimum atomic E-state index is -0.162. The third kappa shape index (κ3) is 3.81. The van der Waals surface area contributed by atoms with E-state index in [0.717, 1.165) is 34.3 Å². The van der Waals surface area contributed by atoms with Gasteiger partial charge in [-0.15, -0.1) is 0 Å². The fourth-order valence-corrected chi connectivity index (χ4v) is 4.71. The van der Waals surface area contributed by atoms with Gasteiger partial charge in [-0.25, -0.2) is 0 Å². The van der Waals surface area contributed by atoms with Crippen LogP contribution in [0.4, 0.5) is 5.69 Å². The van der Waals surface area contributed by atoms with Crippen LogP contribution in [-0.4, -0.2) is 28.9 Å². The predicted octanol–water partition coefficient (Wildman–Crippen LogP) is 5.07. The smallest absolute Gasteiger partial charge is 0.174 e. The first-order valence-corrected chi connectivity index (χ1v) is 11.1. The molecule has 6 nitrogen and oxygen atoms in total. The molecule has 0 amide bonds. The number of nitrogens with zero attached hydrogens (tertiary/aromatic N) is 3. The summed E-state index contributed by atoms with van der Waals surface area (Å²) in [7, 11) is 3.35. The summed E-state index contributed by atoms with van der Waals surface area (Å²) < 4.78 is 13.3. The third-order valence-electron chi connectivity index (χ3n) is 5.86. The molecule has 2 aromatic carbocycles. The van der Waals surface area contributed by atoms with Crippen molar-refractivity contribution >= 4 is 23.0 Å². The van der Waals surface area contributed by atoms with Gasteiger partial charge in [0.25, 0.3) is 0 Å². The van der Waals surface area contributed by atoms with Gasteiger partial charge < -0.3 is 24.3 Å². The van der Waals surface area contributed by atoms with Crippen molar-refractivity contribution in [2.75, 3.05) is 19.1 Å². The monoisotopic (exact) mass is 456 g/mol. The van der Waals surface area contributed by atoms with E-state index >= 15 is 0 Å². The summed E-state index contributed by atoms with van der Waals surface area (Å²) in [4.78, 5) is 6.77. The lowest BCUT2D eigenvalue weighted by Crippen LogP contribution is -2.30. The van der Waals surface area contributed by atoms with Crippen molar-refractivity contribution in [2.24, 2.45) is 0 Å². The van der Waals surface area contributed by atoms with Crippen LogP contribution in [0.3, 0.4) is 0 Å². The molecule has 1 N–H and O–H groups in total. The van der Waals surface area contributed by atoms with E-state index in [-0.39, 0.29) is 12.1 Å². The Morgan fingerprint density at radius 3 is 2.55 bits per heavy atom. The van der Waals surface area contributed by atoms with Crippen LogP contribution in [0, 0.1) is 0 Å². The molecule has 0 spiro atoms. The van der Waals surface area contributed by atoms with Gasteiger partial charge in [0.05, 0.1) is 31.6 Å². The van der Waals surface area contributed by atoms with Crippen LogP contribution in [0.2, 0.25) is 0 Å². The minimum Gasteiger partial charge on any atom is -0.497 e. The molecule has 2 aromatic heterocycles. The summed E-state index contributed by atoms with van der Waals surface area (Å²) in [6.45, 7) is 0. The van der Waals surface area contributed by atoms with Crippen molar-refractivity contribution in [2.45, 2.75) is 12.1 Å². The van der Waals surface area contributed by atoms with Gasteiger partial charge in [0, 0.05) is 29.8 Å². The molecular weight excluding hydrogens is 432 g/mol. The first-order valence-electron chi connectivity index (χ1n) is 10.7. The molecule has 1 aliphatic heterocycles. The van der Waals surface area contributed by atoms with Gasteiger partial charge in [-0.3, -0.25) is 4.98 Å². The number of benzene rings is 2. The molecular formula is C26H24N4O2S. The van der Waals surface area contributed by atoms with Gasteiger partial charge in [-0.2, -0.15) is 0 Å². The molecule has 0 aliphatic carbocycles. The van der Waals surface area contributed by atoms with Gasteiger partial charge in [0.1, 0.15) is 17.5 Å². The second kappa shape index (κ2) is 8.96. The molecule has 0 bridgehead atoms. The highest BCUT2D eigenvalue weighted by Crippen LogP contribution is 2.44. The third-order valence-corrected chi connectivity index (χ3v) is 6.17. The minimum absolute atomic E-state index is 0.150. The number of para-hydroxylation sites is 2. The Labute approximate surface area is 198 Å². The zero-order chi connectivity index (χ0) is 22.8. The van der Waals surface area contributed by atoms with Gasteiger partial charge >= 0.3 is 0 Å². The maximum absolute atomic E-state index is 5.86. The average Bonchev–Trinajstić information content (AvgIpc) is 3.48. The molecule has 4 aromatic rings. The normalized spacial score (nSPS) is 17.6. The number of nitrogens with one attached hydrogen (secondary N) is 1. The first-order chi connectivity index (χ1) is 16.2. The highest BCUT2D eigenvalue weighted by atomic mass is 32.1. The number of anilines is 1. The number of hydrogen-bond donors (Lipinski definition) is 1. The van der Waals surface area contributed by atoms with Crippen molar-refractivity contribution in [3.05, 3.63) is 103 Å². The average molecular weight is 457 g/mol. The lowest BCUT2D eigenvalue weighted by Gasteiger charge is -2.30. The Bertz CT molecular complexity index is 1270. The summed E-state index contributed by atoms with van der Waals surface area (Å²) in [5.41, 5.74) is 3.89. The standard InChI is InChI=1S/C26H24N4O2S/c1-31-19-10-7-9-18(17-19)29-16-8-13-22(29)25-24(20-11-5-6-15-27-20)28-26(33)30(25)21-12-3-4-14-23(21)32-2/h3-17,24-25H,1-2H3,(H,28,33)/t24-,25+/m0/s1. The maximum Gasteiger partial charge on any atom is 0.174 e. The summed E-state index contributed by atoms with van der Waals surface area (Å²) in [5.74, 6) is 1.56. The zero-order valence-electron chi connectivity index (χ0n) is 18.4. The highest BCUT2D eigenvalue weighted by Gasteiger charge is 2.43. The second-order valence-electron chi connectivity index (χ2n) is 7.67. The maximum atomic E-state index is 5.86. The lowest BCUT2D eigenvalue weighted by molar-refractivity contribution is 0.413. The quantitative estimate of drug-likeness (QED) is 0.409. The fraction of sp³-hybridized carbons (Fsp3) is 0.154. The number of hydrogen-bond acceptors (Lipinski definition) is 4. The van der Waals surface area contributed by atoms with E-state index in [2.05, 4.69) is 38.1 Å². The van der Waals surface area contributed by atoms with Crippen LogP contribution in [0.1, 0.15) is 23.5 Å². The number of aromatic nitrogens is 2. The Hall–Kier alpha value is -3.84. The highest BCUT2D eigenvalue weighted by molar-refractivity contribution is 7.80. The number of thiocarbonyl (C=S) groups is 1. The summed E-state index contributed by atoms with van der Waals surface area (Å²) in [6, 6.07) is 25.7. The molecule has 0 unspecified atom stereocenters. The molecule has 0 radical (unpaired) electrons. The Morgan fingerprint density at radius 1 is 0.909 bits per heavy atom. The number of methoxy groups -OCH3 is 2. The van der Waals surface area contributed by atoms with Gasteiger partial charge in [0.2, 0.25) is 0 Å². The van der Waals surface area contributed by atoms with Crippen LogP contribution in [0.25, 0.3) is 5.69 Å². The Morgan fingerprint density at radius 2 is 1.76 bits per heavy atom. The molecule has 3 heterocycles. The van der Waals surface area contributed by atoms with Gasteiger partial charge in [0.15, 0.2) is 5.11 Å². The fourth-order valence-electron chi connectivity index (χ4n) is 4.37. The van der Waals surface area contributed by atoms with Crippen molar-refractivity contribution < 1.29 is 9.47 Å². The molecule has 166 valence electrons. The topological polar surface area (TPSA) is 51.5 Å². The molecule has 5 rings (SSSR count). The van der Waals surface area contributed by atoms with Crippen molar-refractivity contribution in [1.82, 2.24) is 14.9 Å². The van der Waals surface area contributed by atoms with Gasteiger partial charge in [-0.1, -0.05) is 24.3 Å². The van der Waals surface area contributed by atoms with E-state index in [1.165, 1.54) is 0 Å². The lowest BCUT2D eigenvalue weighted by atomic mass is 10.0. The van der Waals surface area contributed by atoms with Crippen LogP contribution in [0.5, 0.6) is 11.5 Å². The van der Waals surface area contributed by atoms with Crippen molar-refractivity contribution in [1.29, 1.82) is 0 Å². The summed E-state index contributed by atoms with van der Waals surface area (Å²) in [6.07, 6.45) is 3.87. The molecule has 1 fully saturated rings.